The molecule has 138 valence electrons. The SMILES string of the molecule is CN(CCO)CC(=O)N1N=C(c2ccco2)CC1c1ccc(Cl)cc1Cl. The Bertz CT molecular complexity index is 808. The van der Waals surface area contributed by atoms with Gasteiger partial charge in [-0.1, -0.05) is 29.3 Å². The number of amides is 1. The third-order valence-electron chi connectivity index (χ3n) is 4.18. The summed E-state index contributed by atoms with van der Waals surface area (Å²) in [5.41, 5.74) is 1.46. The predicted octanol–water partition coefficient (Wildman–Crippen LogP) is 3.19. The van der Waals surface area contributed by atoms with Crippen molar-refractivity contribution in [2.75, 3.05) is 26.7 Å². The van der Waals surface area contributed by atoms with Crippen LogP contribution in [0.4, 0.5) is 0 Å². The molecule has 1 aromatic heterocycles. The van der Waals surface area contributed by atoms with Crippen molar-refractivity contribution in [2.24, 2.45) is 5.10 Å². The van der Waals surface area contributed by atoms with E-state index in [2.05, 4.69) is 5.10 Å². The minimum atomic E-state index is -0.338. The molecule has 0 fully saturated rings. The number of nitrogens with zero attached hydrogens (tertiary/aromatic N) is 3. The summed E-state index contributed by atoms with van der Waals surface area (Å²) >= 11 is 12.4. The van der Waals surface area contributed by atoms with Crippen molar-refractivity contribution in [1.82, 2.24) is 9.91 Å². The molecule has 1 unspecified atom stereocenters. The molecule has 1 amide bonds. The lowest BCUT2D eigenvalue weighted by molar-refractivity contribution is -0.134. The highest BCUT2D eigenvalue weighted by molar-refractivity contribution is 6.35. The number of aliphatic hydroxyl groups is 1. The number of carbonyl (C=O) groups is 1. The van der Waals surface area contributed by atoms with Crippen molar-refractivity contribution in [3.63, 3.8) is 0 Å². The Kier molecular flexibility index (Phi) is 5.98. The highest BCUT2D eigenvalue weighted by atomic mass is 35.5. The molecule has 1 aliphatic heterocycles. The molecule has 1 aliphatic rings. The van der Waals surface area contributed by atoms with Crippen LogP contribution in [0.1, 0.15) is 23.8 Å². The van der Waals surface area contributed by atoms with Crippen LogP contribution in [-0.4, -0.2) is 53.4 Å². The van der Waals surface area contributed by atoms with E-state index in [4.69, 9.17) is 32.7 Å². The quantitative estimate of drug-likeness (QED) is 0.815. The maximum absolute atomic E-state index is 12.8. The molecule has 0 radical (unpaired) electrons. The van der Waals surface area contributed by atoms with Crippen molar-refractivity contribution in [3.8, 4) is 0 Å². The number of hydrazone groups is 1. The summed E-state index contributed by atoms with van der Waals surface area (Å²) in [6.07, 6.45) is 2.06. The van der Waals surface area contributed by atoms with Gasteiger partial charge in [0.05, 0.1) is 25.5 Å². The molecule has 2 heterocycles. The molecule has 1 atom stereocenters. The zero-order valence-corrected chi connectivity index (χ0v) is 15.7. The fourth-order valence-electron chi connectivity index (χ4n) is 2.90. The van der Waals surface area contributed by atoms with E-state index in [9.17, 15) is 4.79 Å². The first-order chi connectivity index (χ1) is 12.5. The molecule has 1 N–H and O–H groups in total. The van der Waals surface area contributed by atoms with E-state index in [1.807, 2.05) is 12.1 Å². The Hall–Kier alpha value is -1.86. The van der Waals surface area contributed by atoms with Gasteiger partial charge in [-0.3, -0.25) is 9.69 Å². The Morgan fingerprint density at radius 2 is 2.23 bits per heavy atom. The molecule has 6 nitrogen and oxygen atoms in total. The van der Waals surface area contributed by atoms with Gasteiger partial charge in [0.25, 0.3) is 5.91 Å². The molecule has 26 heavy (non-hydrogen) atoms. The molecular weight excluding hydrogens is 377 g/mol. The highest BCUT2D eigenvalue weighted by Crippen LogP contribution is 2.37. The van der Waals surface area contributed by atoms with Gasteiger partial charge in [-0.25, -0.2) is 5.01 Å². The third-order valence-corrected chi connectivity index (χ3v) is 4.74. The first kappa shape index (κ1) is 18.9. The lowest BCUT2D eigenvalue weighted by atomic mass is 10.0. The van der Waals surface area contributed by atoms with Gasteiger partial charge in [-0.15, -0.1) is 0 Å². The minimum Gasteiger partial charge on any atom is -0.463 e. The maximum Gasteiger partial charge on any atom is 0.257 e. The van der Waals surface area contributed by atoms with E-state index >= 15 is 0 Å². The second kappa shape index (κ2) is 8.22. The summed E-state index contributed by atoms with van der Waals surface area (Å²) in [7, 11) is 1.77. The number of benzene rings is 1. The molecule has 2 aromatic rings. The highest BCUT2D eigenvalue weighted by Gasteiger charge is 2.35. The monoisotopic (exact) mass is 395 g/mol. The van der Waals surface area contributed by atoms with Crippen LogP contribution in [0.3, 0.4) is 0 Å². The topological polar surface area (TPSA) is 69.3 Å². The van der Waals surface area contributed by atoms with E-state index in [0.29, 0.717) is 34.5 Å². The smallest absolute Gasteiger partial charge is 0.257 e. The molecule has 0 spiro atoms. The summed E-state index contributed by atoms with van der Waals surface area (Å²) in [6.45, 7) is 0.523. The van der Waals surface area contributed by atoms with Crippen LogP contribution in [-0.2, 0) is 4.79 Å². The van der Waals surface area contributed by atoms with Gasteiger partial charge in [0.15, 0.2) is 0 Å². The first-order valence-corrected chi connectivity index (χ1v) is 8.93. The van der Waals surface area contributed by atoms with Crippen LogP contribution in [0.2, 0.25) is 10.0 Å². The van der Waals surface area contributed by atoms with Gasteiger partial charge in [-0.2, -0.15) is 5.10 Å². The molecular formula is C18H19Cl2N3O3. The van der Waals surface area contributed by atoms with Crippen molar-refractivity contribution < 1.29 is 14.3 Å². The van der Waals surface area contributed by atoms with Crippen molar-refractivity contribution in [2.45, 2.75) is 12.5 Å². The molecule has 3 rings (SSSR count). The zero-order chi connectivity index (χ0) is 18.7. The number of likely N-dealkylation sites (N-methyl/N-ethyl adjacent to an activating group) is 1. The average Bonchev–Trinajstić information content (AvgIpc) is 3.24. The Labute approximate surface area is 161 Å². The number of aliphatic hydroxyl groups excluding tert-OH is 1. The number of hydrogen-bond donors (Lipinski definition) is 1. The van der Waals surface area contributed by atoms with Crippen LogP contribution in [0.5, 0.6) is 0 Å². The summed E-state index contributed by atoms with van der Waals surface area (Å²) < 4.78 is 5.43. The summed E-state index contributed by atoms with van der Waals surface area (Å²) in [6, 6.07) is 8.47. The summed E-state index contributed by atoms with van der Waals surface area (Å²) in [5, 5.41) is 16.0. The number of halogens is 2. The largest absolute Gasteiger partial charge is 0.463 e. The van der Waals surface area contributed by atoms with Gasteiger partial charge in [0.2, 0.25) is 0 Å². The molecule has 0 aliphatic carbocycles. The average molecular weight is 396 g/mol. The molecule has 0 bridgehead atoms. The first-order valence-electron chi connectivity index (χ1n) is 8.17. The van der Waals surface area contributed by atoms with Crippen molar-refractivity contribution >= 4 is 34.8 Å². The van der Waals surface area contributed by atoms with E-state index in [0.717, 1.165) is 5.56 Å². The van der Waals surface area contributed by atoms with Gasteiger partial charge < -0.3 is 9.52 Å². The van der Waals surface area contributed by atoms with Gasteiger partial charge in [-0.05, 0) is 36.9 Å². The Morgan fingerprint density at radius 1 is 1.42 bits per heavy atom. The molecule has 0 saturated heterocycles. The second-order valence-corrected chi connectivity index (χ2v) is 6.95. The van der Waals surface area contributed by atoms with E-state index in [1.54, 1.807) is 36.4 Å². The normalized spacial score (nSPS) is 17.0. The van der Waals surface area contributed by atoms with Crippen molar-refractivity contribution in [1.29, 1.82) is 0 Å². The van der Waals surface area contributed by atoms with E-state index < -0.39 is 0 Å². The standard InChI is InChI=1S/C18H19Cl2N3O3/c1-22(6-7-24)11-18(25)23-16(13-5-4-12(19)9-14(13)20)10-15(21-23)17-3-2-8-26-17/h2-5,8-9,16,24H,6-7,10-11H2,1H3. The van der Waals surface area contributed by atoms with Gasteiger partial charge >= 0.3 is 0 Å². The lowest BCUT2D eigenvalue weighted by Crippen LogP contribution is -2.37. The molecule has 0 saturated carbocycles. The second-order valence-electron chi connectivity index (χ2n) is 6.11. The number of rotatable bonds is 6. The molecule has 8 heteroatoms. The fourth-order valence-corrected chi connectivity index (χ4v) is 3.43. The summed E-state index contributed by atoms with van der Waals surface area (Å²) in [5.74, 6) is 0.442. The zero-order valence-electron chi connectivity index (χ0n) is 14.2. The van der Waals surface area contributed by atoms with E-state index in [-0.39, 0.29) is 25.1 Å². The Morgan fingerprint density at radius 3 is 2.88 bits per heavy atom. The number of carbonyl (C=O) groups excluding carboxylic acids is 1. The maximum atomic E-state index is 12.8. The summed E-state index contributed by atoms with van der Waals surface area (Å²) in [4.78, 5) is 14.5. The van der Waals surface area contributed by atoms with Gasteiger partial charge in [0, 0.05) is 23.0 Å². The number of hydrogen-bond acceptors (Lipinski definition) is 5. The third kappa shape index (κ3) is 4.10. The minimum absolute atomic E-state index is 0.0167. The number of furan rings is 1. The van der Waals surface area contributed by atoms with Crippen LogP contribution < -0.4 is 0 Å². The lowest BCUT2D eigenvalue weighted by Gasteiger charge is -2.25. The van der Waals surface area contributed by atoms with Gasteiger partial charge in [0.1, 0.15) is 11.5 Å². The van der Waals surface area contributed by atoms with E-state index in [1.165, 1.54) is 5.01 Å². The van der Waals surface area contributed by atoms with Crippen molar-refractivity contribution in [3.05, 3.63) is 58.0 Å². The van der Waals surface area contributed by atoms with Crippen LogP contribution in [0.15, 0.2) is 46.1 Å². The molecule has 1 aromatic carbocycles. The van der Waals surface area contributed by atoms with Crippen LogP contribution in [0.25, 0.3) is 0 Å². The van der Waals surface area contributed by atoms with Crippen LogP contribution in [0, 0.1) is 0 Å². The fraction of sp³-hybridized carbons (Fsp3) is 0.333. The Balaban J connectivity index is 1.90. The van der Waals surface area contributed by atoms with Crippen LogP contribution >= 0.6 is 23.2 Å². The predicted molar refractivity (Wildman–Crippen MR) is 100 cm³/mol.